The van der Waals surface area contributed by atoms with Crippen LogP contribution < -0.4 is 0 Å². The predicted octanol–water partition coefficient (Wildman–Crippen LogP) is 25.1. The Hall–Kier alpha value is -5.84. The lowest BCUT2D eigenvalue weighted by atomic mass is 10.1. The Morgan fingerprint density at radius 2 is 0.491 bits per heavy atom. The number of carbonyl (C=O) groups is 4. The fraction of sp³-hybridized carbons (Fsp3) is 0.626. The molecule has 0 aliphatic carbocycles. The highest BCUT2D eigenvalue weighted by Crippen LogP contribution is 2.45. The van der Waals surface area contributed by atoms with Gasteiger partial charge in [-0.1, -0.05) is 293 Å². The van der Waals surface area contributed by atoms with Gasteiger partial charge in [0.2, 0.25) is 0 Å². The molecule has 0 aliphatic rings. The summed E-state index contributed by atoms with van der Waals surface area (Å²) in [5, 5.41) is 10.7. The summed E-state index contributed by atoms with van der Waals surface area (Å²) in [5.41, 5.74) is 0. The first-order chi connectivity index (χ1) is 53.7. The van der Waals surface area contributed by atoms with Gasteiger partial charge in [0.05, 0.1) is 26.4 Å². The Balaban J connectivity index is 5.49. The average molecular weight is 1580 g/mol. The Morgan fingerprint density at radius 3 is 0.818 bits per heavy atom. The van der Waals surface area contributed by atoms with Crippen LogP contribution in [0.1, 0.15) is 310 Å². The number of ether oxygens (including phenoxy) is 4. The third kappa shape index (κ3) is 80.2. The lowest BCUT2D eigenvalue weighted by Gasteiger charge is -2.21. The minimum absolute atomic E-state index is 0.0262. The Labute approximate surface area is 666 Å². The normalized spacial score (nSPS) is 14.7. The standard InChI is InChI=1S/C91H148O17P2/c1-5-9-13-17-21-25-29-33-36-39-42-45-48-52-55-59-63-67-71-75-88(93)101-81-86(107-90(95)77-73-69-65-61-57-51-32-28-24-20-16-12-8-4)83-105-109(97,98)103-79-85(92)80-104-110(99,100)106-84-87(108-91(96)78-74-70-66-62-58-54-50-47-44-41-38-35-31-27-23-19-15-11-7-3)82-102-89(94)76-72-68-64-60-56-53-49-46-43-40-37-34-30-26-22-18-14-10-6-2/h9-10,13-14,21-23,25-28,32-38,42-47,52-53,55-56,64,68,85-87,92H,5-8,11-12,15-20,24,29-31,39-41,48-51,54,57-63,65-67,69-84H2,1-4H3,(H,97,98)(H,99,100)/b13-9-,14-10-,25-21-,26-22-,27-23-,32-28-,36-33-,37-34-,38-35-,45-42-,46-43-,47-44-,55-52-,56-53-,68-64-. The van der Waals surface area contributed by atoms with Crippen LogP contribution in [-0.4, -0.2) is 96.7 Å². The number of unbranched alkanes of at least 4 members (excludes halogenated alkanes) is 21. The van der Waals surface area contributed by atoms with E-state index in [0.717, 1.165) is 180 Å². The predicted molar refractivity (Wildman–Crippen MR) is 454 cm³/mol. The Bertz CT molecular complexity index is 2800. The van der Waals surface area contributed by atoms with Gasteiger partial charge in [0.15, 0.2) is 12.2 Å². The smallest absolute Gasteiger partial charge is 0.462 e. The van der Waals surface area contributed by atoms with Crippen molar-refractivity contribution < 1.29 is 80.2 Å². The number of carbonyl (C=O) groups excluding carboxylic acids is 4. The largest absolute Gasteiger partial charge is 0.472 e. The molecule has 3 N–H and O–H groups in total. The van der Waals surface area contributed by atoms with Crippen molar-refractivity contribution in [3.8, 4) is 0 Å². The van der Waals surface area contributed by atoms with E-state index in [-0.39, 0.29) is 25.7 Å². The molecule has 0 amide bonds. The number of hydrogen-bond acceptors (Lipinski definition) is 15. The Kier molecular flexibility index (Phi) is 76.9. The van der Waals surface area contributed by atoms with Crippen molar-refractivity contribution >= 4 is 39.5 Å². The van der Waals surface area contributed by atoms with Gasteiger partial charge in [-0.15, -0.1) is 0 Å². The number of phosphoric ester groups is 2. The number of allylic oxidation sites excluding steroid dienone is 30. The van der Waals surface area contributed by atoms with Gasteiger partial charge in [-0.05, 0) is 173 Å². The highest BCUT2D eigenvalue weighted by atomic mass is 31.2. The van der Waals surface area contributed by atoms with Crippen LogP contribution in [0.15, 0.2) is 182 Å². The molecule has 0 saturated heterocycles. The summed E-state index contributed by atoms with van der Waals surface area (Å²) in [5.74, 6) is -2.34. The molecule has 110 heavy (non-hydrogen) atoms. The van der Waals surface area contributed by atoms with Crippen molar-refractivity contribution in [3.63, 3.8) is 0 Å². The maximum absolute atomic E-state index is 13.1. The SMILES string of the molecule is CC/C=C\C/C=C\C/C=C\C/C=C\C/C=C\C/C=C\CCC(=O)OCC(COP(=O)(O)OCC(O)COP(=O)(O)OCC(COC(=O)CCCCC/C=C\C/C=C\C/C=C\C/C=C\C/C=C\CC)OC(=O)CCCCCCC/C=C\CCCCCC)OC(=O)CCCCCCCC/C=C\C/C=C\C/C=C\CCCCC. The molecule has 0 radical (unpaired) electrons. The van der Waals surface area contributed by atoms with E-state index in [4.69, 9.17) is 37.0 Å². The van der Waals surface area contributed by atoms with Crippen molar-refractivity contribution in [2.75, 3.05) is 39.6 Å². The van der Waals surface area contributed by atoms with Crippen LogP contribution in [0.4, 0.5) is 0 Å². The molecule has 5 unspecified atom stereocenters. The van der Waals surface area contributed by atoms with E-state index in [2.05, 4.69) is 192 Å². The van der Waals surface area contributed by atoms with Crippen molar-refractivity contribution in [1.82, 2.24) is 0 Å². The Morgan fingerprint density at radius 1 is 0.264 bits per heavy atom. The summed E-state index contributed by atoms with van der Waals surface area (Å²) in [4.78, 5) is 73.2. The van der Waals surface area contributed by atoms with Gasteiger partial charge in [0, 0.05) is 25.7 Å². The zero-order valence-electron chi connectivity index (χ0n) is 68.4. The van der Waals surface area contributed by atoms with E-state index in [1.54, 1.807) is 0 Å². The molecule has 0 aromatic carbocycles. The summed E-state index contributed by atoms with van der Waals surface area (Å²) < 4.78 is 68.6. The van der Waals surface area contributed by atoms with Gasteiger partial charge in [-0.25, -0.2) is 9.13 Å². The molecule has 17 nitrogen and oxygen atoms in total. The van der Waals surface area contributed by atoms with Gasteiger partial charge in [0.25, 0.3) is 0 Å². The second-order valence-corrected chi connectivity index (χ2v) is 30.2. The number of rotatable bonds is 77. The minimum Gasteiger partial charge on any atom is -0.462 e. The summed E-state index contributed by atoms with van der Waals surface area (Å²) in [6, 6.07) is 0. The number of esters is 4. The summed E-state index contributed by atoms with van der Waals surface area (Å²) >= 11 is 0. The zero-order chi connectivity index (χ0) is 80.3. The fourth-order valence-electron chi connectivity index (χ4n) is 10.5. The molecule has 0 saturated carbocycles. The number of aliphatic hydroxyl groups is 1. The molecule has 0 fully saturated rings. The number of phosphoric acid groups is 2. The van der Waals surface area contributed by atoms with Crippen molar-refractivity contribution in [2.45, 2.75) is 329 Å². The van der Waals surface area contributed by atoms with Crippen molar-refractivity contribution in [1.29, 1.82) is 0 Å². The quantitative estimate of drug-likeness (QED) is 0.0169. The molecule has 624 valence electrons. The van der Waals surface area contributed by atoms with Crippen LogP contribution in [0.25, 0.3) is 0 Å². The van der Waals surface area contributed by atoms with Crippen LogP contribution in [0.5, 0.6) is 0 Å². The minimum atomic E-state index is -5.01. The third-order valence-electron chi connectivity index (χ3n) is 16.8. The summed E-state index contributed by atoms with van der Waals surface area (Å²) in [7, 11) is -10.0. The highest BCUT2D eigenvalue weighted by Gasteiger charge is 2.30. The summed E-state index contributed by atoms with van der Waals surface area (Å²) in [6.45, 7) is 4.46. The second-order valence-electron chi connectivity index (χ2n) is 27.3. The van der Waals surface area contributed by atoms with E-state index in [9.17, 15) is 43.2 Å². The first-order valence-corrected chi connectivity index (χ1v) is 45.0. The van der Waals surface area contributed by atoms with Gasteiger partial charge in [-0.2, -0.15) is 0 Å². The van der Waals surface area contributed by atoms with E-state index in [1.165, 1.54) is 44.9 Å². The fourth-order valence-corrected chi connectivity index (χ4v) is 12.1. The number of hydrogen-bond donors (Lipinski definition) is 3. The molecule has 0 aliphatic heterocycles. The van der Waals surface area contributed by atoms with Crippen LogP contribution >= 0.6 is 15.6 Å². The van der Waals surface area contributed by atoms with Crippen molar-refractivity contribution in [3.05, 3.63) is 182 Å². The summed E-state index contributed by atoms with van der Waals surface area (Å²) in [6.07, 6.45) is 98.7. The van der Waals surface area contributed by atoms with E-state index < -0.39 is 97.5 Å². The van der Waals surface area contributed by atoms with E-state index in [1.807, 2.05) is 18.2 Å². The van der Waals surface area contributed by atoms with Gasteiger partial charge in [-0.3, -0.25) is 37.3 Å². The monoisotopic (exact) mass is 1580 g/mol. The molecule has 19 heteroatoms. The van der Waals surface area contributed by atoms with Gasteiger partial charge >= 0.3 is 39.5 Å². The molecular formula is C91H148O17P2. The van der Waals surface area contributed by atoms with Crippen molar-refractivity contribution in [2.24, 2.45) is 0 Å². The van der Waals surface area contributed by atoms with Crippen LogP contribution in [-0.2, 0) is 65.4 Å². The highest BCUT2D eigenvalue weighted by molar-refractivity contribution is 7.47. The van der Waals surface area contributed by atoms with Crippen LogP contribution in [0, 0.1) is 0 Å². The zero-order valence-corrected chi connectivity index (χ0v) is 70.1. The van der Waals surface area contributed by atoms with E-state index >= 15 is 0 Å². The molecule has 0 spiro atoms. The first kappa shape index (κ1) is 104. The van der Waals surface area contributed by atoms with Gasteiger partial charge < -0.3 is 33.8 Å². The topological polar surface area (TPSA) is 237 Å². The second kappa shape index (κ2) is 81.2. The van der Waals surface area contributed by atoms with Crippen LogP contribution in [0.2, 0.25) is 0 Å². The maximum Gasteiger partial charge on any atom is 0.472 e. The number of aliphatic hydroxyl groups excluding tert-OH is 1. The van der Waals surface area contributed by atoms with Crippen LogP contribution in [0.3, 0.4) is 0 Å². The molecule has 0 aromatic heterocycles. The molecule has 5 atom stereocenters. The maximum atomic E-state index is 13.1. The molecule has 0 heterocycles. The third-order valence-corrected chi connectivity index (χ3v) is 18.7. The molecule has 0 bridgehead atoms. The first-order valence-electron chi connectivity index (χ1n) is 42.0. The lowest BCUT2D eigenvalue weighted by Crippen LogP contribution is -2.30. The molecular weight excluding hydrogens is 1430 g/mol. The average Bonchev–Trinajstić information content (AvgIpc) is 0.900. The lowest BCUT2D eigenvalue weighted by molar-refractivity contribution is -0.161. The molecule has 0 aromatic rings. The van der Waals surface area contributed by atoms with E-state index in [0.29, 0.717) is 32.1 Å². The molecule has 0 rings (SSSR count). The van der Waals surface area contributed by atoms with Gasteiger partial charge in [0.1, 0.15) is 19.3 Å².